The van der Waals surface area contributed by atoms with Crippen molar-refractivity contribution in [1.82, 2.24) is 10.3 Å². The zero-order valence-corrected chi connectivity index (χ0v) is 11.9. The van der Waals surface area contributed by atoms with Crippen LogP contribution in [0.15, 0.2) is 48.7 Å². The topological polar surface area (TPSA) is 85.4 Å². The molecule has 0 aliphatic rings. The maximum Gasteiger partial charge on any atom is 0.338 e. The highest BCUT2D eigenvalue weighted by Crippen LogP contribution is 2.05. The monoisotopic (exact) mass is 298 g/mol. The molecule has 1 aromatic carbocycles. The first kappa shape index (κ1) is 15.4. The summed E-state index contributed by atoms with van der Waals surface area (Å²) >= 11 is 0. The number of aromatic nitrogens is 1. The zero-order chi connectivity index (χ0) is 15.9. The highest BCUT2D eigenvalue weighted by atomic mass is 16.5. The van der Waals surface area contributed by atoms with Crippen LogP contribution < -0.4 is 5.32 Å². The number of ketones is 1. The Kier molecular flexibility index (Phi) is 4.98. The van der Waals surface area contributed by atoms with Crippen molar-refractivity contribution in [3.63, 3.8) is 0 Å². The fourth-order valence-corrected chi connectivity index (χ4v) is 1.69. The van der Waals surface area contributed by atoms with Crippen molar-refractivity contribution < 1.29 is 19.1 Å². The standard InChI is InChI=1S/C16H14N2O4/c1-17-15(20)13-8-7-12(9-18-13)14(19)10-22-16(21)11-5-3-2-4-6-11/h2-9H,10H2,1H3,(H,17,20). The van der Waals surface area contributed by atoms with Crippen LogP contribution in [0.4, 0.5) is 0 Å². The largest absolute Gasteiger partial charge is 0.454 e. The van der Waals surface area contributed by atoms with Crippen LogP contribution in [0.25, 0.3) is 0 Å². The number of benzene rings is 1. The van der Waals surface area contributed by atoms with Gasteiger partial charge in [0.05, 0.1) is 5.56 Å². The second-order valence-corrected chi connectivity index (χ2v) is 4.38. The number of carbonyl (C=O) groups is 3. The summed E-state index contributed by atoms with van der Waals surface area (Å²) in [5, 5.41) is 2.43. The Morgan fingerprint density at radius 1 is 1.05 bits per heavy atom. The summed E-state index contributed by atoms with van der Waals surface area (Å²) in [6, 6.07) is 11.3. The van der Waals surface area contributed by atoms with Crippen molar-refractivity contribution in [1.29, 1.82) is 0 Å². The van der Waals surface area contributed by atoms with Crippen LogP contribution in [-0.4, -0.2) is 36.3 Å². The molecule has 0 saturated carbocycles. The van der Waals surface area contributed by atoms with Gasteiger partial charge >= 0.3 is 5.97 Å². The third-order valence-corrected chi connectivity index (χ3v) is 2.89. The van der Waals surface area contributed by atoms with Crippen molar-refractivity contribution in [3.8, 4) is 0 Å². The lowest BCUT2D eigenvalue weighted by atomic mass is 10.2. The number of rotatable bonds is 5. The third kappa shape index (κ3) is 3.76. The second kappa shape index (κ2) is 7.12. The van der Waals surface area contributed by atoms with Gasteiger partial charge in [0.1, 0.15) is 5.69 Å². The fourth-order valence-electron chi connectivity index (χ4n) is 1.69. The minimum absolute atomic E-state index is 0.209. The second-order valence-electron chi connectivity index (χ2n) is 4.38. The van der Waals surface area contributed by atoms with E-state index >= 15 is 0 Å². The molecule has 0 atom stereocenters. The van der Waals surface area contributed by atoms with Gasteiger partial charge in [-0.05, 0) is 24.3 Å². The predicted octanol–water partition coefficient (Wildman–Crippen LogP) is 1.48. The van der Waals surface area contributed by atoms with Crippen molar-refractivity contribution in [2.24, 2.45) is 0 Å². The van der Waals surface area contributed by atoms with Gasteiger partial charge in [-0.3, -0.25) is 14.6 Å². The van der Waals surface area contributed by atoms with E-state index in [0.29, 0.717) is 5.56 Å². The van der Waals surface area contributed by atoms with Crippen molar-refractivity contribution in [3.05, 3.63) is 65.5 Å². The molecule has 1 aromatic heterocycles. The number of hydrogen-bond acceptors (Lipinski definition) is 5. The highest BCUT2D eigenvalue weighted by molar-refractivity contribution is 6.00. The van der Waals surface area contributed by atoms with E-state index in [4.69, 9.17) is 4.74 Å². The quantitative estimate of drug-likeness (QED) is 0.667. The number of pyridine rings is 1. The number of esters is 1. The average Bonchev–Trinajstić information content (AvgIpc) is 2.59. The Balaban J connectivity index is 1.95. The van der Waals surface area contributed by atoms with Crippen molar-refractivity contribution in [2.45, 2.75) is 0 Å². The first-order chi connectivity index (χ1) is 10.6. The number of amides is 1. The first-order valence-corrected chi connectivity index (χ1v) is 6.55. The van der Waals surface area contributed by atoms with E-state index in [2.05, 4.69) is 10.3 Å². The number of ether oxygens (including phenoxy) is 1. The van der Waals surface area contributed by atoms with Crippen LogP contribution in [0.5, 0.6) is 0 Å². The number of hydrogen-bond donors (Lipinski definition) is 1. The van der Waals surface area contributed by atoms with E-state index in [1.54, 1.807) is 30.3 Å². The van der Waals surface area contributed by atoms with E-state index in [9.17, 15) is 14.4 Å². The molecule has 6 nitrogen and oxygen atoms in total. The van der Waals surface area contributed by atoms with Crippen molar-refractivity contribution in [2.75, 3.05) is 13.7 Å². The predicted molar refractivity (Wildman–Crippen MR) is 78.7 cm³/mol. The third-order valence-electron chi connectivity index (χ3n) is 2.89. The molecule has 22 heavy (non-hydrogen) atoms. The van der Waals surface area contributed by atoms with Gasteiger partial charge < -0.3 is 10.1 Å². The lowest BCUT2D eigenvalue weighted by Gasteiger charge is -2.05. The van der Waals surface area contributed by atoms with E-state index in [1.807, 2.05) is 0 Å². The Labute approximate surface area is 127 Å². The molecule has 0 spiro atoms. The fraction of sp³-hybridized carbons (Fsp3) is 0.125. The van der Waals surface area contributed by atoms with Crippen LogP contribution in [0.1, 0.15) is 31.2 Å². The summed E-state index contributed by atoms with van der Waals surface area (Å²) in [6.45, 7) is -0.380. The van der Waals surface area contributed by atoms with Crippen LogP contribution >= 0.6 is 0 Å². The van der Waals surface area contributed by atoms with Crippen LogP contribution in [0.2, 0.25) is 0 Å². The molecule has 112 valence electrons. The summed E-state index contributed by atoms with van der Waals surface area (Å²) in [4.78, 5) is 38.9. The number of nitrogens with zero attached hydrogens (tertiary/aromatic N) is 1. The molecule has 2 aromatic rings. The molecular weight excluding hydrogens is 284 g/mol. The molecule has 2 rings (SSSR count). The zero-order valence-electron chi connectivity index (χ0n) is 11.9. The van der Waals surface area contributed by atoms with Gasteiger partial charge in [0.25, 0.3) is 5.91 Å². The normalized spacial score (nSPS) is 9.86. The molecule has 0 saturated heterocycles. The minimum atomic E-state index is -0.566. The van der Waals surface area contributed by atoms with Gasteiger partial charge in [-0.2, -0.15) is 0 Å². The van der Waals surface area contributed by atoms with E-state index in [0.717, 1.165) is 0 Å². The van der Waals surface area contributed by atoms with Gasteiger partial charge in [0, 0.05) is 18.8 Å². The summed E-state index contributed by atoms with van der Waals surface area (Å²) in [7, 11) is 1.49. The van der Waals surface area contributed by atoms with Gasteiger partial charge in [0.15, 0.2) is 6.61 Å². The summed E-state index contributed by atoms with van der Waals surface area (Å²) < 4.78 is 4.95. The highest BCUT2D eigenvalue weighted by Gasteiger charge is 2.13. The lowest BCUT2D eigenvalue weighted by Crippen LogP contribution is -2.20. The Morgan fingerprint density at radius 2 is 1.77 bits per heavy atom. The molecule has 0 fully saturated rings. The van der Waals surface area contributed by atoms with Gasteiger partial charge in [-0.25, -0.2) is 4.79 Å². The van der Waals surface area contributed by atoms with E-state index < -0.39 is 5.97 Å². The molecule has 0 aliphatic carbocycles. The molecule has 0 radical (unpaired) electrons. The minimum Gasteiger partial charge on any atom is -0.454 e. The summed E-state index contributed by atoms with van der Waals surface area (Å²) in [5.74, 6) is -1.29. The number of carbonyl (C=O) groups excluding carboxylic acids is 3. The maximum absolute atomic E-state index is 11.9. The smallest absolute Gasteiger partial charge is 0.338 e. The lowest BCUT2D eigenvalue weighted by molar-refractivity contribution is 0.0474. The molecule has 1 amide bonds. The van der Waals surface area contributed by atoms with E-state index in [-0.39, 0.29) is 29.6 Å². The number of nitrogens with one attached hydrogen (secondary N) is 1. The molecule has 1 heterocycles. The molecule has 0 unspecified atom stereocenters. The number of Topliss-reactive ketones (excluding diaryl/α,β-unsaturated/α-hetero) is 1. The van der Waals surface area contributed by atoms with Crippen LogP contribution in [0.3, 0.4) is 0 Å². The van der Waals surface area contributed by atoms with Gasteiger partial charge in [-0.1, -0.05) is 18.2 Å². The Morgan fingerprint density at radius 3 is 2.36 bits per heavy atom. The Hall–Kier alpha value is -3.02. The van der Waals surface area contributed by atoms with Gasteiger partial charge in [0.2, 0.25) is 5.78 Å². The molecule has 6 heteroatoms. The van der Waals surface area contributed by atoms with Crippen molar-refractivity contribution >= 4 is 17.7 Å². The molecule has 0 aliphatic heterocycles. The van der Waals surface area contributed by atoms with Gasteiger partial charge in [-0.15, -0.1) is 0 Å². The first-order valence-electron chi connectivity index (χ1n) is 6.55. The Bertz CT molecular complexity index is 681. The summed E-state index contributed by atoms with van der Waals surface area (Å²) in [6.07, 6.45) is 1.28. The van der Waals surface area contributed by atoms with E-state index in [1.165, 1.54) is 25.4 Å². The average molecular weight is 298 g/mol. The maximum atomic E-state index is 11.9. The molecule has 1 N–H and O–H groups in total. The molecular formula is C16H14N2O4. The SMILES string of the molecule is CNC(=O)c1ccc(C(=O)COC(=O)c2ccccc2)cn1. The van der Waals surface area contributed by atoms with Crippen LogP contribution in [-0.2, 0) is 4.74 Å². The molecule has 0 bridgehead atoms. The van der Waals surface area contributed by atoms with Crippen LogP contribution in [0, 0.1) is 0 Å². The summed E-state index contributed by atoms with van der Waals surface area (Å²) in [5.41, 5.74) is 0.859.